The molecule has 0 aliphatic carbocycles. The Balaban J connectivity index is 2.62. The molecule has 88 valence electrons. The van der Waals surface area contributed by atoms with Gasteiger partial charge in [-0.25, -0.2) is 0 Å². The Morgan fingerprint density at radius 3 is 2.60 bits per heavy atom. The number of hydrogen-bond acceptors (Lipinski definition) is 4. The lowest BCUT2D eigenvalue weighted by Gasteiger charge is -2.19. The van der Waals surface area contributed by atoms with Gasteiger partial charge in [0.1, 0.15) is 5.92 Å². The normalized spacial score (nSPS) is 30.5. The molecule has 1 fully saturated rings. The summed E-state index contributed by atoms with van der Waals surface area (Å²) in [5.41, 5.74) is 0. The SMILES string of the molecule is CCOC(=O)[C@@H]1[C@H](CC)CO[C@H]1OCC. The van der Waals surface area contributed by atoms with Crippen molar-refractivity contribution < 1.29 is 19.0 Å². The highest BCUT2D eigenvalue weighted by Crippen LogP contribution is 2.31. The van der Waals surface area contributed by atoms with Crippen LogP contribution < -0.4 is 0 Å². The highest BCUT2D eigenvalue weighted by atomic mass is 16.7. The molecular formula is C11H20O4. The van der Waals surface area contributed by atoms with Crippen LogP contribution in [0.15, 0.2) is 0 Å². The Labute approximate surface area is 90.9 Å². The molecule has 1 aliphatic heterocycles. The second kappa shape index (κ2) is 6.08. The highest BCUT2D eigenvalue weighted by molar-refractivity contribution is 5.73. The first kappa shape index (κ1) is 12.5. The largest absolute Gasteiger partial charge is 0.466 e. The molecule has 0 N–H and O–H groups in total. The molecule has 4 heteroatoms. The van der Waals surface area contributed by atoms with Gasteiger partial charge in [-0.2, -0.15) is 0 Å². The van der Waals surface area contributed by atoms with Crippen LogP contribution in [0.2, 0.25) is 0 Å². The molecular weight excluding hydrogens is 196 g/mol. The molecule has 0 spiro atoms. The van der Waals surface area contributed by atoms with Gasteiger partial charge in [0, 0.05) is 12.5 Å². The van der Waals surface area contributed by atoms with E-state index in [4.69, 9.17) is 14.2 Å². The summed E-state index contributed by atoms with van der Waals surface area (Å²) in [7, 11) is 0. The van der Waals surface area contributed by atoms with Crippen LogP contribution in [0.4, 0.5) is 0 Å². The van der Waals surface area contributed by atoms with Crippen LogP contribution in [0.3, 0.4) is 0 Å². The van der Waals surface area contributed by atoms with Crippen molar-refractivity contribution in [3.05, 3.63) is 0 Å². The van der Waals surface area contributed by atoms with E-state index in [0.29, 0.717) is 19.8 Å². The van der Waals surface area contributed by atoms with Crippen molar-refractivity contribution >= 4 is 5.97 Å². The molecule has 0 aromatic heterocycles. The molecule has 0 radical (unpaired) electrons. The van der Waals surface area contributed by atoms with Gasteiger partial charge in [0.25, 0.3) is 0 Å². The molecule has 0 saturated carbocycles. The van der Waals surface area contributed by atoms with E-state index in [0.717, 1.165) is 6.42 Å². The van der Waals surface area contributed by atoms with Gasteiger partial charge in [0.15, 0.2) is 6.29 Å². The maximum absolute atomic E-state index is 11.7. The summed E-state index contributed by atoms with van der Waals surface area (Å²) in [5.74, 6) is -0.226. The number of carbonyl (C=O) groups is 1. The second-order valence-corrected chi connectivity index (χ2v) is 3.60. The summed E-state index contributed by atoms with van der Waals surface area (Å²) in [5, 5.41) is 0. The van der Waals surface area contributed by atoms with Gasteiger partial charge < -0.3 is 14.2 Å². The molecule has 1 rings (SSSR count). The van der Waals surface area contributed by atoms with Gasteiger partial charge >= 0.3 is 5.97 Å². The molecule has 1 saturated heterocycles. The summed E-state index contributed by atoms with van der Waals surface area (Å²) in [6.07, 6.45) is 0.492. The number of esters is 1. The second-order valence-electron chi connectivity index (χ2n) is 3.60. The molecule has 1 aliphatic rings. The third kappa shape index (κ3) is 2.92. The van der Waals surface area contributed by atoms with Crippen LogP contribution in [0.25, 0.3) is 0 Å². The van der Waals surface area contributed by atoms with E-state index in [1.165, 1.54) is 0 Å². The van der Waals surface area contributed by atoms with Crippen LogP contribution in [0.1, 0.15) is 27.2 Å². The highest BCUT2D eigenvalue weighted by Gasteiger charge is 2.42. The van der Waals surface area contributed by atoms with E-state index in [1.54, 1.807) is 0 Å². The van der Waals surface area contributed by atoms with Crippen LogP contribution >= 0.6 is 0 Å². The smallest absolute Gasteiger partial charge is 0.314 e. The topological polar surface area (TPSA) is 44.8 Å². The number of hydrogen-bond donors (Lipinski definition) is 0. The minimum absolute atomic E-state index is 0.194. The first-order valence-electron chi connectivity index (χ1n) is 5.64. The van der Waals surface area contributed by atoms with Crippen molar-refractivity contribution in [1.82, 2.24) is 0 Å². The van der Waals surface area contributed by atoms with E-state index in [-0.39, 0.29) is 17.8 Å². The van der Waals surface area contributed by atoms with Crippen molar-refractivity contribution in [2.24, 2.45) is 11.8 Å². The number of carbonyl (C=O) groups excluding carboxylic acids is 1. The van der Waals surface area contributed by atoms with E-state index < -0.39 is 6.29 Å². The van der Waals surface area contributed by atoms with Crippen LogP contribution in [-0.2, 0) is 19.0 Å². The van der Waals surface area contributed by atoms with Crippen molar-refractivity contribution in [3.63, 3.8) is 0 Å². The first-order valence-corrected chi connectivity index (χ1v) is 5.64. The van der Waals surface area contributed by atoms with Gasteiger partial charge in [-0.1, -0.05) is 13.3 Å². The van der Waals surface area contributed by atoms with Crippen molar-refractivity contribution in [2.75, 3.05) is 19.8 Å². The monoisotopic (exact) mass is 216 g/mol. The zero-order valence-electron chi connectivity index (χ0n) is 9.69. The molecule has 0 unspecified atom stereocenters. The van der Waals surface area contributed by atoms with Crippen LogP contribution in [0, 0.1) is 11.8 Å². The quantitative estimate of drug-likeness (QED) is 0.655. The predicted octanol–water partition coefficient (Wildman–Crippen LogP) is 1.58. The molecule has 0 amide bonds. The molecule has 15 heavy (non-hydrogen) atoms. The first-order chi connectivity index (χ1) is 7.24. The van der Waals surface area contributed by atoms with Gasteiger partial charge in [0.05, 0.1) is 13.2 Å². The van der Waals surface area contributed by atoms with E-state index in [9.17, 15) is 4.79 Å². The zero-order valence-corrected chi connectivity index (χ0v) is 9.69. The molecule has 0 aromatic rings. The summed E-state index contributed by atoms with van der Waals surface area (Å²) >= 11 is 0. The Morgan fingerprint density at radius 1 is 1.33 bits per heavy atom. The summed E-state index contributed by atoms with van der Waals surface area (Å²) in [6.45, 7) is 7.30. The molecule has 0 aromatic carbocycles. The zero-order chi connectivity index (χ0) is 11.3. The van der Waals surface area contributed by atoms with Gasteiger partial charge in [0.2, 0.25) is 0 Å². The van der Waals surface area contributed by atoms with Crippen LogP contribution in [-0.4, -0.2) is 32.1 Å². The minimum atomic E-state index is -0.418. The molecule has 0 bridgehead atoms. The van der Waals surface area contributed by atoms with Gasteiger partial charge in [-0.05, 0) is 13.8 Å². The van der Waals surface area contributed by atoms with E-state index >= 15 is 0 Å². The lowest BCUT2D eigenvalue weighted by atomic mass is 9.92. The Kier molecular flexibility index (Phi) is 5.05. The minimum Gasteiger partial charge on any atom is -0.466 e. The maximum atomic E-state index is 11.7. The fourth-order valence-corrected chi connectivity index (χ4v) is 1.88. The summed E-state index contributed by atoms with van der Waals surface area (Å²) < 4.78 is 15.9. The lowest BCUT2D eigenvalue weighted by molar-refractivity contribution is -0.168. The van der Waals surface area contributed by atoms with Crippen LogP contribution in [0.5, 0.6) is 0 Å². The average molecular weight is 216 g/mol. The predicted molar refractivity (Wildman–Crippen MR) is 55.3 cm³/mol. The number of ether oxygens (including phenoxy) is 3. The maximum Gasteiger partial charge on any atom is 0.314 e. The van der Waals surface area contributed by atoms with E-state index in [2.05, 4.69) is 6.92 Å². The molecule has 1 heterocycles. The van der Waals surface area contributed by atoms with Crippen molar-refractivity contribution in [3.8, 4) is 0 Å². The van der Waals surface area contributed by atoms with Gasteiger partial charge in [-0.3, -0.25) is 4.79 Å². The molecule has 4 nitrogen and oxygen atoms in total. The summed E-state index contributed by atoms with van der Waals surface area (Å²) in [4.78, 5) is 11.7. The fourth-order valence-electron chi connectivity index (χ4n) is 1.88. The number of rotatable bonds is 5. The third-order valence-corrected chi connectivity index (χ3v) is 2.69. The molecule has 3 atom stereocenters. The van der Waals surface area contributed by atoms with Crippen molar-refractivity contribution in [2.45, 2.75) is 33.5 Å². The summed E-state index contributed by atoms with van der Waals surface area (Å²) in [6, 6.07) is 0. The van der Waals surface area contributed by atoms with Gasteiger partial charge in [-0.15, -0.1) is 0 Å². The average Bonchev–Trinajstić information content (AvgIpc) is 2.62. The fraction of sp³-hybridized carbons (Fsp3) is 0.909. The standard InChI is InChI=1S/C11H20O4/c1-4-8-7-15-11(14-6-3)9(8)10(12)13-5-2/h8-9,11H,4-7H2,1-3H3/t8-,9+,11-/m1/s1. The van der Waals surface area contributed by atoms with E-state index in [1.807, 2.05) is 13.8 Å². The third-order valence-electron chi connectivity index (χ3n) is 2.69. The van der Waals surface area contributed by atoms with Crippen molar-refractivity contribution in [1.29, 1.82) is 0 Å². The Bertz CT molecular complexity index is 205. The Hall–Kier alpha value is -0.610. The Morgan fingerprint density at radius 2 is 2.07 bits per heavy atom. The lowest BCUT2D eigenvalue weighted by Crippen LogP contribution is -2.32.